The fourth-order valence-corrected chi connectivity index (χ4v) is 4.82. The number of aromatic amines is 1. The zero-order valence-corrected chi connectivity index (χ0v) is 22.9. The lowest BCUT2D eigenvalue weighted by molar-refractivity contribution is 0.0698. The van der Waals surface area contributed by atoms with Crippen LogP contribution in [0.3, 0.4) is 0 Å². The monoisotopic (exact) mass is 573 g/mol. The van der Waals surface area contributed by atoms with Crippen molar-refractivity contribution in [3.05, 3.63) is 102 Å². The van der Waals surface area contributed by atoms with Gasteiger partial charge in [0.05, 0.1) is 29.7 Å². The lowest BCUT2D eigenvalue weighted by Gasteiger charge is -2.12. The number of H-pyrrole nitrogens is 1. The molecular weight excluding hydrogens is 550 g/mol. The fraction of sp³-hybridized carbons (Fsp3) is 0.107. The van der Waals surface area contributed by atoms with E-state index in [2.05, 4.69) is 25.6 Å². The van der Waals surface area contributed by atoms with Crippen LogP contribution in [0.25, 0.3) is 33.5 Å². The third-order valence-electron chi connectivity index (χ3n) is 5.92. The number of fused-ring (bicyclic) bond motifs is 1. The highest BCUT2D eigenvalue weighted by Crippen LogP contribution is 2.31. The Morgan fingerprint density at radius 1 is 1.05 bits per heavy atom. The molecule has 0 radical (unpaired) electrons. The number of nitrogens with zero attached hydrogens (tertiary/aromatic N) is 6. The van der Waals surface area contributed by atoms with E-state index in [0.717, 1.165) is 22.3 Å². The molecule has 0 atom stereocenters. The van der Waals surface area contributed by atoms with Crippen LogP contribution in [-0.4, -0.2) is 51.7 Å². The van der Waals surface area contributed by atoms with Crippen LogP contribution in [0.4, 0.5) is 0 Å². The summed E-state index contributed by atoms with van der Waals surface area (Å²) < 4.78 is 9.04. The Hall–Kier alpha value is -4.61. The zero-order valence-electron chi connectivity index (χ0n) is 21.3. The van der Waals surface area contributed by atoms with Crippen molar-refractivity contribution in [3.63, 3.8) is 0 Å². The number of aromatic nitrogens is 6. The van der Waals surface area contributed by atoms with Gasteiger partial charge in [-0.1, -0.05) is 60.7 Å². The summed E-state index contributed by atoms with van der Waals surface area (Å²) >= 11 is 6.92. The first-order valence-corrected chi connectivity index (χ1v) is 13.5. The molecule has 40 heavy (non-hydrogen) atoms. The van der Waals surface area contributed by atoms with E-state index in [1.165, 1.54) is 15.8 Å². The maximum Gasteiger partial charge on any atom is 0.337 e. The molecule has 2 aromatic heterocycles. The molecule has 3 aromatic carbocycles. The second-order valence-electron chi connectivity index (χ2n) is 8.43. The number of benzene rings is 3. The summed E-state index contributed by atoms with van der Waals surface area (Å²) in [4.78, 5) is 16.3. The van der Waals surface area contributed by atoms with E-state index >= 15 is 0 Å². The number of tetrazole rings is 1. The SMILES string of the molecule is CCOc1nc2cccc(C(=O)O)c2n1Cc1ccc(-c2ccccc2-c2nnn[nH]2)cc1.ClN1C=CC=CS1. The molecule has 2 N–H and O–H groups in total. The highest BCUT2D eigenvalue weighted by Gasteiger charge is 2.19. The van der Waals surface area contributed by atoms with Crippen LogP contribution < -0.4 is 4.74 Å². The van der Waals surface area contributed by atoms with Gasteiger partial charge >= 0.3 is 5.97 Å². The number of rotatable bonds is 7. The van der Waals surface area contributed by atoms with Crippen molar-refractivity contribution in [2.75, 3.05) is 6.61 Å². The van der Waals surface area contributed by atoms with Gasteiger partial charge < -0.3 is 9.84 Å². The minimum absolute atomic E-state index is 0.192. The maximum absolute atomic E-state index is 11.8. The smallest absolute Gasteiger partial charge is 0.337 e. The van der Waals surface area contributed by atoms with Crippen LogP contribution in [0.15, 0.2) is 90.5 Å². The molecule has 10 nitrogen and oxygen atoms in total. The van der Waals surface area contributed by atoms with Crippen LogP contribution in [0.5, 0.6) is 6.01 Å². The number of para-hydroxylation sites is 1. The number of imidazole rings is 1. The van der Waals surface area contributed by atoms with E-state index in [-0.39, 0.29) is 5.56 Å². The van der Waals surface area contributed by atoms with Gasteiger partial charge in [-0.3, -0.25) is 4.57 Å². The Balaban J connectivity index is 0.000000403. The van der Waals surface area contributed by atoms with Crippen molar-refractivity contribution in [2.24, 2.45) is 0 Å². The van der Waals surface area contributed by atoms with Crippen molar-refractivity contribution < 1.29 is 14.6 Å². The van der Waals surface area contributed by atoms with Crippen molar-refractivity contribution in [3.8, 4) is 28.5 Å². The summed E-state index contributed by atoms with van der Waals surface area (Å²) in [6, 6.07) is 21.4. The predicted molar refractivity (Wildman–Crippen MR) is 156 cm³/mol. The normalized spacial score (nSPS) is 12.3. The first-order valence-electron chi connectivity index (χ1n) is 12.3. The summed E-state index contributed by atoms with van der Waals surface area (Å²) in [5.41, 5.74) is 5.22. The molecule has 3 heterocycles. The lowest BCUT2D eigenvalue weighted by Crippen LogP contribution is -2.08. The molecule has 0 fully saturated rings. The molecule has 12 heteroatoms. The first-order chi connectivity index (χ1) is 19.5. The van der Waals surface area contributed by atoms with Gasteiger partial charge in [0.2, 0.25) is 0 Å². The molecule has 6 rings (SSSR count). The van der Waals surface area contributed by atoms with Crippen molar-refractivity contribution in [2.45, 2.75) is 13.5 Å². The molecule has 0 saturated heterocycles. The molecule has 1 aliphatic heterocycles. The second kappa shape index (κ2) is 12.5. The minimum Gasteiger partial charge on any atom is -0.478 e. The van der Waals surface area contributed by atoms with Gasteiger partial charge in [0, 0.05) is 23.5 Å². The third-order valence-corrected chi connectivity index (χ3v) is 6.88. The highest BCUT2D eigenvalue weighted by molar-refractivity contribution is 8.00. The molecule has 1 aliphatic rings. The van der Waals surface area contributed by atoms with Gasteiger partial charge in [-0.2, -0.15) is 4.98 Å². The van der Waals surface area contributed by atoms with Crippen LogP contribution in [0.2, 0.25) is 0 Å². The molecule has 0 aliphatic carbocycles. The first kappa shape index (κ1) is 27.0. The summed E-state index contributed by atoms with van der Waals surface area (Å²) in [5, 5.41) is 25.8. The Morgan fingerprint density at radius 2 is 1.85 bits per heavy atom. The highest BCUT2D eigenvalue weighted by atomic mass is 35.5. The second-order valence-corrected chi connectivity index (χ2v) is 9.87. The van der Waals surface area contributed by atoms with Crippen LogP contribution in [-0.2, 0) is 6.54 Å². The zero-order chi connectivity index (χ0) is 27.9. The summed E-state index contributed by atoms with van der Waals surface area (Å²) in [6.45, 7) is 2.72. The quantitative estimate of drug-likeness (QED) is 0.174. The maximum atomic E-state index is 11.8. The summed E-state index contributed by atoms with van der Waals surface area (Å²) in [7, 11) is 0. The van der Waals surface area contributed by atoms with Gasteiger partial charge in [0.15, 0.2) is 5.82 Å². The van der Waals surface area contributed by atoms with E-state index < -0.39 is 5.97 Å². The number of nitrogens with one attached hydrogen (secondary N) is 1. The van der Waals surface area contributed by atoms with Gasteiger partial charge in [-0.25, -0.2) is 13.7 Å². The number of carboxylic acid groups (broad SMARTS) is 1. The summed E-state index contributed by atoms with van der Waals surface area (Å²) in [6.07, 6.45) is 5.60. The average Bonchev–Trinajstić information content (AvgIpc) is 3.63. The van der Waals surface area contributed by atoms with E-state index in [1.807, 2.05) is 77.6 Å². The number of hydrogen-bond acceptors (Lipinski definition) is 8. The van der Waals surface area contributed by atoms with E-state index in [1.54, 1.807) is 24.4 Å². The van der Waals surface area contributed by atoms with Crippen molar-refractivity contribution >= 4 is 40.7 Å². The Kier molecular flexibility index (Phi) is 8.43. The molecule has 0 bridgehead atoms. The van der Waals surface area contributed by atoms with Crippen molar-refractivity contribution in [1.29, 1.82) is 0 Å². The number of carboxylic acids is 1. The Labute approximate surface area is 239 Å². The molecule has 5 aromatic rings. The molecular formula is C28H24ClN7O3S. The molecule has 202 valence electrons. The number of aromatic carboxylic acids is 1. The number of ether oxygens (including phenoxy) is 1. The number of allylic oxidation sites excluding steroid dienone is 2. The minimum atomic E-state index is -1.00. The summed E-state index contributed by atoms with van der Waals surface area (Å²) in [5.74, 6) is -0.402. The molecule has 0 saturated carbocycles. The fourth-order valence-electron chi connectivity index (χ4n) is 4.20. The number of hydrogen-bond donors (Lipinski definition) is 2. The van der Waals surface area contributed by atoms with Crippen molar-refractivity contribution in [1.82, 2.24) is 34.0 Å². The largest absolute Gasteiger partial charge is 0.478 e. The topological polar surface area (TPSA) is 122 Å². The Morgan fingerprint density at radius 3 is 2.48 bits per heavy atom. The number of halogens is 1. The lowest BCUT2D eigenvalue weighted by atomic mass is 9.98. The van der Waals surface area contributed by atoms with Gasteiger partial charge in [-0.05, 0) is 69.6 Å². The average molecular weight is 574 g/mol. The Bertz CT molecular complexity index is 1670. The van der Waals surface area contributed by atoms with Gasteiger partial charge in [0.25, 0.3) is 6.01 Å². The van der Waals surface area contributed by atoms with Crippen LogP contribution in [0, 0.1) is 0 Å². The molecule has 0 spiro atoms. The van der Waals surface area contributed by atoms with E-state index in [9.17, 15) is 9.90 Å². The van der Waals surface area contributed by atoms with Gasteiger partial charge in [0.1, 0.15) is 0 Å². The van der Waals surface area contributed by atoms with E-state index in [0.29, 0.717) is 36.0 Å². The number of carbonyl (C=O) groups is 1. The van der Waals surface area contributed by atoms with Crippen LogP contribution in [0.1, 0.15) is 22.8 Å². The van der Waals surface area contributed by atoms with E-state index in [4.69, 9.17) is 16.5 Å². The standard InChI is InChI=1S/C24H20N6O3.C4H4ClNS/c1-2-33-24-25-20-9-5-8-19(23(31)32)21(20)30(24)14-15-10-12-16(13-11-15)17-6-3-4-7-18(17)22-26-28-29-27-22;5-6-3-1-2-4-7-6/h3-13H,2,14H2,1H3,(H,31,32)(H,26,27,28,29);1-4H. The predicted octanol–water partition coefficient (Wildman–Crippen LogP) is 6.16. The third kappa shape index (κ3) is 6.00. The van der Waals surface area contributed by atoms with Gasteiger partial charge in [-0.15, -0.1) is 5.10 Å². The van der Waals surface area contributed by atoms with Crippen LogP contribution >= 0.6 is 23.7 Å². The molecule has 0 unspecified atom stereocenters. The molecule has 0 amide bonds.